The minimum Gasteiger partial charge on any atom is -0.392 e. The van der Waals surface area contributed by atoms with Gasteiger partial charge in [0.1, 0.15) is 0 Å². The van der Waals surface area contributed by atoms with E-state index in [-0.39, 0.29) is 6.10 Å². The number of likely N-dealkylation sites (N-methyl/N-ethyl adjacent to an activating group) is 1. The molecule has 1 fully saturated rings. The number of aliphatic hydroxyl groups is 1. The van der Waals surface area contributed by atoms with Crippen molar-refractivity contribution in [2.75, 3.05) is 20.2 Å². The summed E-state index contributed by atoms with van der Waals surface area (Å²) in [4.78, 5) is 2.22. The van der Waals surface area contributed by atoms with Crippen LogP contribution >= 0.6 is 0 Å². The van der Waals surface area contributed by atoms with Crippen LogP contribution in [0.25, 0.3) is 0 Å². The molecular formula is C11H23NO2. The van der Waals surface area contributed by atoms with Gasteiger partial charge in [0.2, 0.25) is 0 Å². The summed E-state index contributed by atoms with van der Waals surface area (Å²) in [6.07, 6.45) is 1.16. The van der Waals surface area contributed by atoms with E-state index in [1.165, 1.54) is 0 Å². The van der Waals surface area contributed by atoms with Gasteiger partial charge < -0.3 is 9.84 Å². The zero-order valence-corrected chi connectivity index (χ0v) is 9.73. The topological polar surface area (TPSA) is 32.7 Å². The Kier molecular flexibility index (Phi) is 4.35. The molecule has 1 rings (SSSR count). The second-order valence-electron chi connectivity index (χ2n) is 4.68. The summed E-state index contributed by atoms with van der Waals surface area (Å²) >= 11 is 0. The van der Waals surface area contributed by atoms with Crippen LogP contribution < -0.4 is 0 Å². The highest BCUT2D eigenvalue weighted by molar-refractivity contribution is 4.81. The molecule has 1 heterocycles. The molecule has 0 radical (unpaired) electrons. The van der Waals surface area contributed by atoms with Crippen molar-refractivity contribution in [1.82, 2.24) is 4.90 Å². The van der Waals surface area contributed by atoms with Crippen molar-refractivity contribution in [3.8, 4) is 0 Å². The van der Waals surface area contributed by atoms with E-state index in [1.807, 2.05) is 13.8 Å². The minimum absolute atomic E-state index is 0.229. The summed E-state index contributed by atoms with van der Waals surface area (Å²) < 4.78 is 5.51. The molecule has 3 atom stereocenters. The number of ether oxygens (including phenoxy) is 1. The molecule has 3 unspecified atom stereocenters. The maximum absolute atomic E-state index is 9.76. The fourth-order valence-corrected chi connectivity index (χ4v) is 1.94. The van der Waals surface area contributed by atoms with Gasteiger partial charge in [-0.2, -0.15) is 0 Å². The standard InChI is InChI=1S/C11H23NO2/c1-8(2)11(13)7-12(4)10-5-6-14-9(10)3/h8-11,13H,5-7H2,1-4H3. The van der Waals surface area contributed by atoms with Crippen LogP contribution in [-0.4, -0.2) is 48.5 Å². The normalized spacial score (nSPS) is 30.2. The van der Waals surface area contributed by atoms with Gasteiger partial charge >= 0.3 is 0 Å². The van der Waals surface area contributed by atoms with Crippen LogP contribution in [0.15, 0.2) is 0 Å². The number of rotatable bonds is 4. The molecule has 0 spiro atoms. The molecule has 0 aromatic heterocycles. The van der Waals surface area contributed by atoms with E-state index in [9.17, 15) is 5.11 Å². The van der Waals surface area contributed by atoms with Gasteiger partial charge in [0.25, 0.3) is 0 Å². The van der Waals surface area contributed by atoms with Gasteiger partial charge in [-0.25, -0.2) is 0 Å². The molecule has 84 valence electrons. The maximum Gasteiger partial charge on any atom is 0.0702 e. The van der Waals surface area contributed by atoms with E-state index in [4.69, 9.17) is 4.74 Å². The molecule has 0 saturated carbocycles. The molecule has 1 N–H and O–H groups in total. The summed E-state index contributed by atoms with van der Waals surface area (Å²) in [6, 6.07) is 0.475. The van der Waals surface area contributed by atoms with Gasteiger partial charge in [-0.3, -0.25) is 4.90 Å². The van der Waals surface area contributed by atoms with Crippen molar-refractivity contribution in [3.05, 3.63) is 0 Å². The molecule has 1 aliphatic rings. The van der Waals surface area contributed by atoms with Crippen molar-refractivity contribution in [1.29, 1.82) is 0 Å². The Balaban J connectivity index is 2.37. The second-order valence-corrected chi connectivity index (χ2v) is 4.68. The fraction of sp³-hybridized carbons (Fsp3) is 1.00. The highest BCUT2D eigenvalue weighted by atomic mass is 16.5. The van der Waals surface area contributed by atoms with Crippen LogP contribution in [0.5, 0.6) is 0 Å². The highest BCUT2D eigenvalue weighted by Gasteiger charge is 2.29. The maximum atomic E-state index is 9.76. The minimum atomic E-state index is -0.229. The molecular weight excluding hydrogens is 178 g/mol. The van der Waals surface area contributed by atoms with Crippen LogP contribution in [0.1, 0.15) is 27.2 Å². The Bertz CT molecular complexity index is 173. The van der Waals surface area contributed by atoms with Crippen LogP contribution in [-0.2, 0) is 4.74 Å². The SMILES string of the molecule is CC(C)C(O)CN(C)C1CCOC1C. The Morgan fingerprint density at radius 2 is 2.14 bits per heavy atom. The van der Waals surface area contributed by atoms with Crippen molar-refractivity contribution >= 4 is 0 Å². The first kappa shape index (κ1) is 12.0. The summed E-state index contributed by atoms with van der Waals surface area (Å²) in [6.45, 7) is 7.81. The Labute approximate surface area is 87.1 Å². The first-order valence-electron chi connectivity index (χ1n) is 5.52. The lowest BCUT2D eigenvalue weighted by molar-refractivity contribution is 0.0426. The van der Waals surface area contributed by atoms with Crippen molar-refractivity contribution in [3.63, 3.8) is 0 Å². The van der Waals surface area contributed by atoms with Crippen molar-refractivity contribution in [2.45, 2.75) is 45.4 Å². The number of hydrogen-bond acceptors (Lipinski definition) is 3. The van der Waals surface area contributed by atoms with Crippen molar-refractivity contribution in [2.24, 2.45) is 5.92 Å². The molecule has 3 nitrogen and oxygen atoms in total. The Hall–Kier alpha value is -0.120. The third-order valence-electron chi connectivity index (χ3n) is 3.15. The van der Waals surface area contributed by atoms with Crippen LogP contribution in [0.3, 0.4) is 0 Å². The van der Waals surface area contributed by atoms with E-state index in [0.29, 0.717) is 18.1 Å². The summed E-state index contributed by atoms with van der Waals surface area (Å²) in [5, 5.41) is 9.76. The fourth-order valence-electron chi connectivity index (χ4n) is 1.94. The lowest BCUT2D eigenvalue weighted by Gasteiger charge is -2.29. The zero-order valence-electron chi connectivity index (χ0n) is 9.73. The molecule has 14 heavy (non-hydrogen) atoms. The third-order valence-corrected chi connectivity index (χ3v) is 3.15. The van der Waals surface area contributed by atoms with Gasteiger partial charge in [-0.15, -0.1) is 0 Å². The van der Waals surface area contributed by atoms with E-state index in [0.717, 1.165) is 19.6 Å². The quantitative estimate of drug-likeness (QED) is 0.739. The van der Waals surface area contributed by atoms with Gasteiger partial charge in [0, 0.05) is 19.2 Å². The van der Waals surface area contributed by atoms with E-state index in [2.05, 4.69) is 18.9 Å². The molecule has 1 aliphatic heterocycles. The third kappa shape index (κ3) is 2.94. The van der Waals surface area contributed by atoms with Gasteiger partial charge in [0.15, 0.2) is 0 Å². The molecule has 0 aromatic rings. The van der Waals surface area contributed by atoms with E-state index < -0.39 is 0 Å². The number of hydrogen-bond donors (Lipinski definition) is 1. The largest absolute Gasteiger partial charge is 0.392 e. The average molecular weight is 201 g/mol. The average Bonchev–Trinajstić information content (AvgIpc) is 2.51. The predicted molar refractivity (Wildman–Crippen MR) is 57.3 cm³/mol. The predicted octanol–water partition coefficient (Wildman–Crippen LogP) is 1.11. The lowest BCUT2D eigenvalue weighted by Crippen LogP contribution is -2.42. The van der Waals surface area contributed by atoms with Gasteiger partial charge in [0.05, 0.1) is 12.2 Å². The Morgan fingerprint density at radius 1 is 1.50 bits per heavy atom. The number of nitrogens with zero attached hydrogens (tertiary/aromatic N) is 1. The molecule has 0 bridgehead atoms. The monoisotopic (exact) mass is 201 g/mol. The molecule has 0 aromatic carbocycles. The van der Waals surface area contributed by atoms with Crippen LogP contribution in [0, 0.1) is 5.92 Å². The Morgan fingerprint density at radius 3 is 2.57 bits per heavy atom. The molecule has 0 aliphatic carbocycles. The molecule has 1 saturated heterocycles. The summed E-state index contributed by atoms with van der Waals surface area (Å²) in [7, 11) is 2.07. The van der Waals surface area contributed by atoms with Crippen molar-refractivity contribution < 1.29 is 9.84 Å². The van der Waals surface area contributed by atoms with E-state index >= 15 is 0 Å². The number of aliphatic hydroxyl groups excluding tert-OH is 1. The first-order chi connectivity index (χ1) is 6.52. The molecule has 0 amide bonds. The van der Waals surface area contributed by atoms with Gasteiger partial charge in [-0.1, -0.05) is 13.8 Å². The summed E-state index contributed by atoms with van der Waals surface area (Å²) in [5.74, 6) is 0.329. The second kappa shape index (κ2) is 5.10. The zero-order chi connectivity index (χ0) is 10.7. The molecule has 3 heteroatoms. The van der Waals surface area contributed by atoms with Crippen LogP contribution in [0.4, 0.5) is 0 Å². The smallest absolute Gasteiger partial charge is 0.0702 e. The van der Waals surface area contributed by atoms with Crippen LogP contribution in [0.2, 0.25) is 0 Å². The summed E-state index contributed by atoms with van der Waals surface area (Å²) in [5.41, 5.74) is 0. The van der Waals surface area contributed by atoms with E-state index in [1.54, 1.807) is 0 Å². The highest BCUT2D eigenvalue weighted by Crippen LogP contribution is 2.19. The first-order valence-corrected chi connectivity index (χ1v) is 5.52. The van der Waals surface area contributed by atoms with Gasteiger partial charge in [-0.05, 0) is 26.3 Å². The lowest BCUT2D eigenvalue weighted by atomic mass is 10.0.